The van der Waals surface area contributed by atoms with E-state index in [1.54, 1.807) is 31.2 Å². The summed E-state index contributed by atoms with van der Waals surface area (Å²) in [6, 6.07) is 9.09. The van der Waals surface area contributed by atoms with E-state index >= 15 is 0 Å². The predicted molar refractivity (Wildman–Crippen MR) is 171 cm³/mol. The molecular formula is C37H48O10. The first-order valence-corrected chi connectivity index (χ1v) is 16.7. The fourth-order valence-electron chi connectivity index (χ4n) is 9.25. The van der Waals surface area contributed by atoms with Gasteiger partial charge in [0.15, 0.2) is 5.60 Å². The van der Waals surface area contributed by atoms with E-state index in [1.807, 2.05) is 44.2 Å². The lowest BCUT2D eigenvalue weighted by atomic mass is 9.53. The summed E-state index contributed by atoms with van der Waals surface area (Å²) in [4.78, 5) is 12.8. The Labute approximate surface area is 276 Å². The Kier molecular flexibility index (Phi) is 8.76. The second-order valence-electron chi connectivity index (χ2n) is 14.3. The number of ether oxygens (including phenoxy) is 4. The van der Waals surface area contributed by atoms with Gasteiger partial charge >= 0.3 is 11.9 Å². The van der Waals surface area contributed by atoms with Gasteiger partial charge in [-0.3, -0.25) is 0 Å². The summed E-state index contributed by atoms with van der Waals surface area (Å²) in [7, 11) is 0. The van der Waals surface area contributed by atoms with Crippen LogP contribution in [0.2, 0.25) is 0 Å². The van der Waals surface area contributed by atoms with Crippen molar-refractivity contribution in [3.8, 4) is 0 Å². The van der Waals surface area contributed by atoms with Crippen LogP contribution in [0, 0.1) is 23.7 Å². The van der Waals surface area contributed by atoms with E-state index in [1.165, 1.54) is 6.08 Å². The molecule has 13 unspecified atom stereocenters. The zero-order valence-corrected chi connectivity index (χ0v) is 27.5. The highest BCUT2D eigenvalue weighted by atomic mass is 16.9. The number of hydrogen-bond donors (Lipinski definition) is 5. The molecule has 1 aromatic rings. The number of carbonyl (C=O) groups is 1. The Morgan fingerprint density at radius 1 is 1.04 bits per heavy atom. The monoisotopic (exact) mass is 652 g/mol. The van der Waals surface area contributed by atoms with Crippen molar-refractivity contribution in [2.45, 2.75) is 106 Å². The minimum Gasteiger partial charge on any atom is -0.459 e. The van der Waals surface area contributed by atoms with Gasteiger partial charge in [0.25, 0.3) is 0 Å². The fraction of sp³-hybridized carbons (Fsp3) is 0.595. The summed E-state index contributed by atoms with van der Waals surface area (Å²) in [5.74, 6) is -5.65. The zero-order chi connectivity index (χ0) is 34.0. The molecule has 5 fully saturated rings. The maximum atomic E-state index is 12.8. The van der Waals surface area contributed by atoms with Gasteiger partial charge in [-0.15, -0.1) is 0 Å². The average Bonchev–Trinajstić information content (AvgIpc) is 3.41. The first-order valence-electron chi connectivity index (χ1n) is 16.7. The molecule has 47 heavy (non-hydrogen) atoms. The van der Waals surface area contributed by atoms with Crippen LogP contribution in [0.1, 0.15) is 58.9 Å². The summed E-state index contributed by atoms with van der Waals surface area (Å²) < 4.78 is 26.0. The number of carbonyl (C=O) groups excluding carboxylic acids is 1. The number of esters is 1. The Hall–Kier alpha value is -2.67. The van der Waals surface area contributed by atoms with Gasteiger partial charge in [-0.2, -0.15) is 0 Å². The van der Waals surface area contributed by atoms with Crippen LogP contribution in [0.4, 0.5) is 0 Å². The molecule has 0 spiro atoms. The minimum atomic E-state index is -2.65. The number of unbranched alkanes of at least 4 members (excludes halogenated alkanes) is 1. The summed E-state index contributed by atoms with van der Waals surface area (Å²) >= 11 is 0. The molecule has 1 aromatic carbocycles. The topological polar surface area (TPSA) is 155 Å². The number of rotatable bonds is 9. The molecule has 0 aromatic heterocycles. The van der Waals surface area contributed by atoms with Crippen LogP contribution < -0.4 is 0 Å². The molecule has 0 amide bonds. The van der Waals surface area contributed by atoms with Gasteiger partial charge in [-0.25, -0.2) is 4.79 Å². The van der Waals surface area contributed by atoms with Gasteiger partial charge < -0.3 is 44.5 Å². The lowest BCUT2D eigenvalue weighted by Gasteiger charge is -2.61. The van der Waals surface area contributed by atoms with Crippen LogP contribution in [-0.2, 0) is 29.7 Å². The second kappa shape index (κ2) is 12.0. The third-order valence-electron chi connectivity index (χ3n) is 11.5. The standard InChI is InChI=1S/C37H48O10/c1-6-7-8-9-10-11-15-18-27(38)44-21-33(42)30(40)28-31-34(22(2)3)20-24(5)36(28,26-19-23(4)29(39)35(26,43)32(33)41)47-37(45-31,46-34)25-16-13-12-14-17-25/h8-18,23-24,26,28-32,39-43H,2,6-7,19-21H2,1,3-5H3. The van der Waals surface area contributed by atoms with E-state index in [0.29, 0.717) is 17.6 Å². The third-order valence-corrected chi connectivity index (χ3v) is 11.5. The van der Waals surface area contributed by atoms with Crippen molar-refractivity contribution in [1.29, 1.82) is 0 Å². The molecule has 6 rings (SSSR count). The average molecular weight is 653 g/mol. The van der Waals surface area contributed by atoms with Gasteiger partial charge in [0.05, 0.1) is 17.8 Å². The molecule has 0 radical (unpaired) electrons. The zero-order valence-electron chi connectivity index (χ0n) is 27.5. The second-order valence-corrected chi connectivity index (χ2v) is 14.3. The van der Waals surface area contributed by atoms with Crippen molar-refractivity contribution in [3.63, 3.8) is 0 Å². The number of benzene rings is 1. The Bertz CT molecular complexity index is 1460. The van der Waals surface area contributed by atoms with E-state index < -0.39 is 89.0 Å². The highest BCUT2D eigenvalue weighted by Gasteiger charge is 2.85. The molecule has 10 nitrogen and oxygen atoms in total. The number of allylic oxidation sites excluding steroid dienone is 5. The molecular weight excluding hydrogens is 604 g/mol. The summed E-state index contributed by atoms with van der Waals surface area (Å²) in [5.41, 5.74) is -6.48. The molecule has 2 aliphatic heterocycles. The summed E-state index contributed by atoms with van der Waals surface area (Å²) in [6.45, 7) is 10.9. The van der Waals surface area contributed by atoms with Crippen molar-refractivity contribution >= 4 is 5.97 Å². The van der Waals surface area contributed by atoms with E-state index in [-0.39, 0.29) is 6.42 Å². The van der Waals surface area contributed by atoms with Crippen LogP contribution in [-0.4, -0.2) is 84.9 Å². The highest BCUT2D eigenvalue weighted by molar-refractivity contribution is 5.82. The van der Waals surface area contributed by atoms with Crippen molar-refractivity contribution in [1.82, 2.24) is 0 Å². The molecule has 2 saturated heterocycles. The summed E-state index contributed by atoms with van der Waals surface area (Å²) in [5, 5.41) is 60.8. The highest BCUT2D eigenvalue weighted by Crippen LogP contribution is 2.72. The maximum absolute atomic E-state index is 12.8. The number of hydrogen-bond acceptors (Lipinski definition) is 10. The molecule has 3 saturated carbocycles. The van der Waals surface area contributed by atoms with E-state index in [0.717, 1.165) is 18.9 Å². The third kappa shape index (κ3) is 4.79. The van der Waals surface area contributed by atoms with Gasteiger partial charge in [-0.1, -0.05) is 94.5 Å². The van der Waals surface area contributed by atoms with Crippen LogP contribution in [0.15, 0.2) is 78.9 Å². The van der Waals surface area contributed by atoms with Crippen molar-refractivity contribution in [2.24, 2.45) is 23.7 Å². The van der Waals surface area contributed by atoms with Gasteiger partial charge in [0.1, 0.15) is 30.0 Å². The number of fused-ring (bicyclic) bond motifs is 2. The molecule has 3 aliphatic carbocycles. The Morgan fingerprint density at radius 3 is 2.43 bits per heavy atom. The first-order chi connectivity index (χ1) is 22.2. The van der Waals surface area contributed by atoms with Crippen molar-refractivity contribution in [2.75, 3.05) is 6.61 Å². The minimum absolute atomic E-state index is 0.206. The predicted octanol–water partition coefficient (Wildman–Crippen LogP) is 3.18. The first kappa shape index (κ1) is 34.2. The quantitative estimate of drug-likeness (QED) is 0.116. The lowest BCUT2D eigenvalue weighted by molar-refractivity contribution is -0.446. The molecule has 256 valence electrons. The van der Waals surface area contributed by atoms with E-state index in [9.17, 15) is 30.3 Å². The Morgan fingerprint density at radius 2 is 1.74 bits per heavy atom. The van der Waals surface area contributed by atoms with Gasteiger partial charge in [-0.05, 0) is 43.6 Å². The molecule has 2 heterocycles. The van der Waals surface area contributed by atoms with Crippen molar-refractivity contribution in [3.05, 3.63) is 84.5 Å². The number of aliphatic hydroxyl groups excluding tert-OH is 3. The van der Waals surface area contributed by atoms with Crippen molar-refractivity contribution < 1.29 is 49.3 Å². The SMILES string of the molecule is C=C(C)C12CC(C)C34OC(c5ccccc5)(OC1C3C(O)C(O)(COC(=O)C=CC=CC=CCCC)C(O)C1(O)C(O)C(C)CC14)O2. The fourth-order valence-corrected chi connectivity index (χ4v) is 9.25. The van der Waals surface area contributed by atoms with Crippen LogP contribution in [0.25, 0.3) is 0 Å². The van der Waals surface area contributed by atoms with Crippen LogP contribution >= 0.6 is 0 Å². The van der Waals surface area contributed by atoms with Crippen LogP contribution in [0.3, 0.4) is 0 Å². The van der Waals surface area contributed by atoms with Gasteiger partial charge in [0, 0.05) is 23.5 Å². The molecule has 5 N–H and O–H groups in total. The summed E-state index contributed by atoms with van der Waals surface area (Å²) in [6.07, 6.45) is 5.95. The van der Waals surface area contributed by atoms with E-state index in [2.05, 4.69) is 13.5 Å². The maximum Gasteiger partial charge on any atom is 0.330 e. The number of aliphatic hydroxyl groups is 5. The van der Waals surface area contributed by atoms with Crippen LogP contribution in [0.5, 0.6) is 0 Å². The van der Waals surface area contributed by atoms with E-state index in [4.69, 9.17) is 18.9 Å². The van der Waals surface area contributed by atoms with Gasteiger partial charge in [0.2, 0.25) is 0 Å². The molecule has 13 atom stereocenters. The largest absolute Gasteiger partial charge is 0.459 e. The molecule has 3 bridgehead atoms. The smallest absolute Gasteiger partial charge is 0.330 e. The molecule has 10 heteroatoms. The Balaban J connectivity index is 1.44. The molecule has 5 aliphatic rings. The normalized spacial score (nSPS) is 47.0. The lowest BCUT2D eigenvalue weighted by Crippen LogP contribution is -2.73.